The van der Waals surface area contributed by atoms with E-state index in [1.807, 2.05) is 26.0 Å². The number of carboxylic acid groups (broad SMARTS) is 1. The maximum absolute atomic E-state index is 11.5. The molecule has 0 fully saturated rings. The average molecular weight is 265 g/mol. The zero-order valence-electron chi connectivity index (χ0n) is 11.2. The zero-order valence-corrected chi connectivity index (χ0v) is 11.2. The standard InChI is InChI=1S/C14H19NO4/c1-3-4-13(16)15-10(2)11-5-7-12(8-6-11)19-9-14(17)18/h5-8,10H,3-4,9H2,1-2H3,(H,15,16)(H,17,18). The number of amides is 1. The SMILES string of the molecule is CCCC(=O)NC(C)c1ccc(OCC(=O)O)cc1. The van der Waals surface area contributed by atoms with Crippen LogP contribution in [0.3, 0.4) is 0 Å². The van der Waals surface area contributed by atoms with E-state index in [1.165, 1.54) is 0 Å². The van der Waals surface area contributed by atoms with E-state index in [2.05, 4.69) is 5.32 Å². The molecule has 0 spiro atoms. The molecule has 0 aromatic heterocycles. The molecule has 0 aliphatic heterocycles. The fourth-order valence-corrected chi connectivity index (χ4v) is 1.62. The van der Waals surface area contributed by atoms with Gasteiger partial charge in [0.2, 0.25) is 5.91 Å². The summed E-state index contributed by atoms with van der Waals surface area (Å²) < 4.78 is 5.03. The Morgan fingerprint density at radius 3 is 2.47 bits per heavy atom. The van der Waals surface area contributed by atoms with Gasteiger partial charge in [-0.15, -0.1) is 0 Å². The van der Waals surface area contributed by atoms with Gasteiger partial charge in [-0.3, -0.25) is 4.79 Å². The van der Waals surface area contributed by atoms with Crippen LogP contribution in [0.2, 0.25) is 0 Å². The molecular formula is C14H19NO4. The minimum absolute atomic E-state index is 0.0289. The molecule has 0 bridgehead atoms. The number of carbonyl (C=O) groups is 2. The van der Waals surface area contributed by atoms with Crippen molar-refractivity contribution in [1.82, 2.24) is 5.32 Å². The Hall–Kier alpha value is -2.04. The van der Waals surface area contributed by atoms with Crippen LogP contribution < -0.4 is 10.1 Å². The van der Waals surface area contributed by atoms with Crippen LogP contribution in [0.15, 0.2) is 24.3 Å². The van der Waals surface area contributed by atoms with E-state index < -0.39 is 5.97 Å². The van der Waals surface area contributed by atoms with Crippen LogP contribution in [-0.4, -0.2) is 23.6 Å². The molecule has 1 rings (SSSR count). The second-order valence-corrected chi connectivity index (χ2v) is 4.29. The van der Waals surface area contributed by atoms with E-state index in [-0.39, 0.29) is 18.6 Å². The Balaban J connectivity index is 2.55. The summed E-state index contributed by atoms with van der Waals surface area (Å²) in [4.78, 5) is 21.8. The van der Waals surface area contributed by atoms with Crippen LogP contribution >= 0.6 is 0 Å². The molecular weight excluding hydrogens is 246 g/mol. The molecule has 19 heavy (non-hydrogen) atoms. The third-order valence-electron chi connectivity index (χ3n) is 2.60. The highest BCUT2D eigenvalue weighted by Crippen LogP contribution is 2.17. The van der Waals surface area contributed by atoms with Crippen LogP contribution in [0.1, 0.15) is 38.3 Å². The highest BCUT2D eigenvalue weighted by atomic mass is 16.5. The number of hydrogen-bond donors (Lipinski definition) is 2. The molecule has 1 unspecified atom stereocenters. The number of nitrogens with one attached hydrogen (secondary N) is 1. The number of hydrogen-bond acceptors (Lipinski definition) is 3. The van der Waals surface area contributed by atoms with E-state index in [4.69, 9.17) is 9.84 Å². The van der Waals surface area contributed by atoms with Crippen molar-refractivity contribution in [3.8, 4) is 5.75 Å². The van der Waals surface area contributed by atoms with Crippen molar-refractivity contribution in [3.63, 3.8) is 0 Å². The van der Waals surface area contributed by atoms with Crippen molar-refractivity contribution in [2.45, 2.75) is 32.7 Å². The van der Waals surface area contributed by atoms with Gasteiger partial charge in [-0.2, -0.15) is 0 Å². The number of carboxylic acids is 1. The van der Waals surface area contributed by atoms with Crippen LogP contribution in [0, 0.1) is 0 Å². The Bertz CT molecular complexity index is 428. The van der Waals surface area contributed by atoms with E-state index in [1.54, 1.807) is 12.1 Å². The fourth-order valence-electron chi connectivity index (χ4n) is 1.62. The quantitative estimate of drug-likeness (QED) is 0.792. The van der Waals surface area contributed by atoms with Crippen molar-refractivity contribution in [1.29, 1.82) is 0 Å². The normalized spacial score (nSPS) is 11.7. The maximum atomic E-state index is 11.5. The second-order valence-electron chi connectivity index (χ2n) is 4.29. The number of ether oxygens (including phenoxy) is 1. The lowest BCUT2D eigenvalue weighted by atomic mass is 10.1. The van der Waals surface area contributed by atoms with Gasteiger partial charge in [0.1, 0.15) is 5.75 Å². The molecule has 1 atom stereocenters. The lowest BCUT2D eigenvalue weighted by molar-refractivity contribution is -0.139. The molecule has 0 saturated carbocycles. The van der Waals surface area contributed by atoms with Crippen molar-refractivity contribution in [2.24, 2.45) is 0 Å². The predicted molar refractivity (Wildman–Crippen MR) is 71.0 cm³/mol. The molecule has 0 aliphatic rings. The first-order valence-electron chi connectivity index (χ1n) is 6.26. The Kier molecular flexibility index (Phi) is 5.85. The molecule has 0 radical (unpaired) electrons. The van der Waals surface area contributed by atoms with Crippen molar-refractivity contribution >= 4 is 11.9 Å². The van der Waals surface area contributed by atoms with Crippen LogP contribution in [0.4, 0.5) is 0 Å². The molecule has 0 aliphatic carbocycles. The summed E-state index contributed by atoms with van der Waals surface area (Å²) in [6.07, 6.45) is 1.34. The van der Waals surface area contributed by atoms with E-state index >= 15 is 0 Å². The predicted octanol–water partition coefficient (Wildman–Crippen LogP) is 2.13. The van der Waals surface area contributed by atoms with Gasteiger partial charge in [-0.25, -0.2) is 4.79 Å². The minimum Gasteiger partial charge on any atom is -0.482 e. The summed E-state index contributed by atoms with van der Waals surface area (Å²) >= 11 is 0. The topological polar surface area (TPSA) is 75.6 Å². The summed E-state index contributed by atoms with van der Waals surface area (Å²) in [7, 11) is 0. The molecule has 5 nitrogen and oxygen atoms in total. The van der Waals surface area contributed by atoms with Crippen molar-refractivity contribution in [2.75, 3.05) is 6.61 Å². The van der Waals surface area contributed by atoms with Gasteiger partial charge < -0.3 is 15.2 Å². The number of aliphatic carboxylic acids is 1. The highest BCUT2D eigenvalue weighted by Gasteiger charge is 2.09. The summed E-state index contributed by atoms with van der Waals surface area (Å²) in [5.74, 6) is -0.483. The summed E-state index contributed by atoms with van der Waals surface area (Å²) in [6.45, 7) is 3.50. The first-order valence-corrected chi connectivity index (χ1v) is 6.26. The lowest BCUT2D eigenvalue weighted by Gasteiger charge is -2.14. The van der Waals surface area contributed by atoms with E-state index in [9.17, 15) is 9.59 Å². The van der Waals surface area contributed by atoms with Crippen LogP contribution in [-0.2, 0) is 9.59 Å². The smallest absolute Gasteiger partial charge is 0.341 e. The first-order chi connectivity index (χ1) is 9.02. The van der Waals surface area contributed by atoms with Crippen molar-refractivity contribution < 1.29 is 19.4 Å². The minimum atomic E-state index is -1.01. The third kappa shape index (κ3) is 5.42. The summed E-state index contributed by atoms with van der Waals surface area (Å²) in [5, 5.41) is 11.4. The third-order valence-corrected chi connectivity index (χ3v) is 2.60. The van der Waals surface area contributed by atoms with Crippen LogP contribution in [0.25, 0.3) is 0 Å². The Morgan fingerprint density at radius 2 is 1.95 bits per heavy atom. The molecule has 1 aromatic carbocycles. The molecule has 0 heterocycles. The monoisotopic (exact) mass is 265 g/mol. The van der Waals surface area contributed by atoms with Gasteiger partial charge in [0, 0.05) is 6.42 Å². The van der Waals surface area contributed by atoms with E-state index in [0.29, 0.717) is 12.2 Å². The largest absolute Gasteiger partial charge is 0.482 e. The van der Waals surface area contributed by atoms with Crippen LogP contribution in [0.5, 0.6) is 5.75 Å². The first kappa shape index (κ1) is 15.0. The Labute approximate surface area is 112 Å². The average Bonchev–Trinajstić information content (AvgIpc) is 2.37. The number of benzene rings is 1. The van der Waals surface area contributed by atoms with Crippen molar-refractivity contribution in [3.05, 3.63) is 29.8 Å². The zero-order chi connectivity index (χ0) is 14.3. The molecule has 1 amide bonds. The Morgan fingerprint density at radius 1 is 1.32 bits per heavy atom. The molecule has 1 aromatic rings. The molecule has 0 saturated heterocycles. The summed E-state index contributed by atoms with van der Waals surface area (Å²) in [5.41, 5.74) is 0.951. The summed E-state index contributed by atoms with van der Waals surface area (Å²) in [6, 6.07) is 6.94. The highest BCUT2D eigenvalue weighted by molar-refractivity contribution is 5.76. The van der Waals surface area contributed by atoms with Gasteiger partial charge in [0.25, 0.3) is 0 Å². The van der Waals surface area contributed by atoms with Gasteiger partial charge in [-0.1, -0.05) is 19.1 Å². The number of rotatable bonds is 7. The second kappa shape index (κ2) is 7.41. The maximum Gasteiger partial charge on any atom is 0.341 e. The fraction of sp³-hybridized carbons (Fsp3) is 0.429. The van der Waals surface area contributed by atoms with Gasteiger partial charge >= 0.3 is 5.97 Å². The molecule has 5 heteroatoms. The molecule has 2 N–H and O–H groups in total. The molecule has 104 valence electrons. The van der Waals surface area contributed by atoms with Gasteiger partial charge in [-0.05, 0) is 31.0 Å². The van der Waals surface area contributed by atoms with E-state index in [0.717, 1.165) is 12.0 Å². The number of carbonyl (C=O) groups excluding carboxylic acids is 1. The van der Waals surface area contributed by atoms with Gasteiger partial charge in [0.05, 0.1) is 6.04 Å². The lowest BCUT2D eigenvalue weighted by Crippen LogP contribution is -2.26. The van der Waals surface area contributed by atoms with Gasteiger partial charge in [0.15, 0.2) is 6.61 Å².